The second-order valence-corrected chi connectivity index (χ2v) is 8.04. The number of hydrogen-bond donors (Lipinski definition) is 1. The lowest BCUT2D eigenvalue weighted by atomic mass is 9.81. The van der Waals surface area contributed by atoms with Crippen LogP contribution in [0.15, 0.2) is 24.3 Å². The molecule has 1 aliphatic heterocycles. The molecule has 2 fully saturated rings. The van der Waals surface area contributed by atoms with Crippen molar-refractivity contribution in [3.05, 3.63) is 35.4 Å². The zero-order valence-electron chi connectivity index (χ0n) is 15.9. The quantitative estimate of drug-likeness (QED) is 0.833. The van der Waals surface area contributed by atoms with E-state index < -0.39 is 5.54 Å². The highest BCUT2D eigenvalue weighted by Crippen LogP contribution is 2.39. The Kier molecular flexibility index (Phi) is 4.66. The third-order valence-corrected chi connectivity index (χ3v) is 6.49. The minimum atomic E-state index is -0.729. The number of carbonyl (C=O) groups excluding carboxylic acids is 3. The average molecular weight is 369 g/mol. The highest BCUT2D eigenvalue weighted by Gasteiger charge is 2.55. The van der Waals surface area contributed by atoms with Gasteiger partial charge >= 0.3 is 6.03 Å². The summed E-state index contributed by atoms with van der Waals surface area (Å²) >= 11 is 0. The molecule has 0 radical (unpaired) electrons. The van der Waals surface area contributed by atoms with Crippen LogP contribution in [-0.2, 0) is 16.0 Å². The van der Waals surface area contributed by atoms with E-state index in [1.165, 1.54) is 5.56 Å². The Morgan fingerprint density at radius 3 is 2.67 bits per heavy atom. The maximum Gasteiger partial charge on any atom is 0.327 e. The van der Waals surface area contributed by atoms with Gasteiger partial charge < -0.3 is 10.2 Å². The lowest BCUT2D eigenvalue weighted by Crippen LogP contribution is -2.49. The predicted octanol–water partition coefficient (Wildman–Crippen LogP) is 2.78. The van der Waals surface area contributed by atoms with Crippen LogP contribution in [0.5, 0.6) is 0 Å². The first-order valence-electron chi connectivity index (χ1n) is 10.00. The number of likely N-dealkylation sites (N-methyl/N-ethyl adjacent to an activating group) is 1. The van der Waals surface area contributed by atoms with Gasteiger partial charge in [-0.05, 0) is 43.2 Å². The Bertz CT molecular complexity index is 770. The molecule has 27 heavy (non-hydrogen) atoms. The maximum atomic E-state index is 13.0. The molecular formula is C21H27N3O3. The third-order valence-electron chi connectivity index (χ3n) is 6.49. The van der Waals surface area contributed by atoms with Crippen molar-refractivity contribution in [2.75, 3.05) is 13.6 Å². The van der Waals surface area contributed by atoms with Gasteiger partial charge in [0.1, 0.15) is 12.1 Å². The summed E-state index contributed by atoms with van der Waals surface area (Å²) in [5.74, 6) is -0.464. The molecule has 2 aliphatic carbocycles. The summed E-state index contributed by atoms with van der Waals surface area (Å²) in [5, 5.41) is 3.05. The minimum absolute atomic E-state index is 0.0448. The van der Waals surface area contributed by atoms with Gasteiger partial charge in [-0.1, -0.05) is 43.5 Å². The van der Waals surface area contributed by atoms with Crippen molar-refractivity contribution in [2.45, 2.75) is 62.9 Å². The average Bonchev–Trinajstić information content (AvgIpc) is 2.85. The summed E-state index contributed by atoms with van der Waals surface area (Å²) in [6.45, 7) is -0.192. The van der Waals surface area contributed by atoms with Crippen molar-refractivity contribution < 1.29 is 14.4 Å². The van der Waals surface area contributed by atoms with E-state index in [1.54, 1.807) is 11.9 Å². The lowest BCUT2D eigenvalue weighted by molar-refractivity contribution is -0.137. The van der Waals surface area contributed by atoms with E-state index in [2.05, 4.69) is 17.4 Å². The Labute approximate surface area is 159 Å². The van der Waals surface area contributed by atoms with Crippen molar-refractivity contribution in [3.8, 4) is 0 Å². The molecule has 1 heterocycles. The fourth-order valence-corrected chi connectivity index (χ4v) is 4.96. The summed E-state index contributed by atoms with van der Waals surface area (Å²) in [4.78, 5) is 41.1. The number of amides is 4. The first kappa shape index (κ1) is 18.0. The van der Waals surface area contributed by atoms with E-state index in [-0.39, 0.29) is 30.4 Å². The molecule has 4 amide bonds. The third kappa shape index (κ3) is 3.01. The molecule has 1 aromatic rings. The number of nitrogens with one attached hydrogen (secondary N) is 1. The number of nitrogens with zero attached hydrogens (tertiary/aromatic N) is 2. The molecule has 1 N–H and O–H groups in total. The van der Waals surface area contributed by atoms with Gasteiger partial charge in [0, 0.05) is 7.05 Å². The van der Waals surface area contributed by atoms with Gasteiger partial charge in [-0.3, -0.25) is 14.5 Å². The normalized spacial score (nSPS) is 24.3. The molecule has 1 spiro atoms. The van der Waals surface area contributed by atoms with Crippen molar-refractivity contribution in [1.82, 2.24) is 15.1 Å². The zero-order valence-corrected chi connectivity index (χ0v) is 15.9. The van der Waals surface area contributed by atoms with E-state index >= 15 is 0 Å². The zero-order chi connectivity index (χ0) is 19.0. The van der Waals surface area contributed by atoms with Crippen LogP contribution < -0.4 is 5.32 Å². The smallest absolute Gasteiger partial charge is 0.327 e. The van der Waals surface area contributed by atoms with E-state index in [4.69, 9.17) is 0 Å². The van der Waals surface area contributed by atoms with E-state index in [9.17, 15) is 14.4 Å². The van der Waals surface area contributed by atoms with Gasteiger partial charge in [0.15, 0.2) is 0 Å². The standard InChI is InChI=1S/C21H27N3O3/c1-23-20(27)24(19(26)21(23)12-5-2-6-13-21)14-18(25)22-17-11-7-9-15-8-3-4-10-16(15)17/h3-4,8,10,17H,2,5-7,9,11-14H2,1H3,(H,22,25)/t17-/m1/s1. The van der Waals surface area contributed by atoms with Crippen molar-refractivity contribution in [3.63, 3.8) is 0 Å². The van der Waals surface area contributed by atoms with Gasteiger partial charge in [-0.15, -0.1) is 0 Å². The molecule has 0 bridgehead atoms. The van der Waals surface area contributed by atoms with Crippen molar-refractivity contribution in [2.24, 2.45) is 0 Å². The van der Waals surface area contributed by atoms with Crippen LogP contribution in [0.2, 0.25) is 0 Å². The molecule has 1 saturated carbocycles. The van der Waals surface area contributed by atoms with Gasteiger partial charge in [0.25, 0.3) is 5.91 Å². The first-order chi connectivity index (χ1) is 13.0. The molecule has 1 atom stereocenters. The SMILES string of the molecule is CN1C(=O)N(CC(=O)N[C@@H]2CCCc3ccccc32)C(=O)C12CCCCC2. The summed E-state index contributed by atoms with van der Waals surface area (Å²) < 4.78 is 0. The summed E-state index contributed by atoms with van der Waals surface area (Å²) in [6.07, 6.45) is 7.32. The maximum absolute atomic E-state index is 13.0. The summed E-state index contributed by atoms with van der Waals surface area (Å²) in [7, 11) is 1.70. The van der Waals surface area contributed by atoms with Crippen LogP contribution in [0.4, 0.5) is 4.79 Å². The molecule has 0 unspecified atom stereocenters. The number of benzene rings is 1. The Morgan fingerprint density at radius 1 is 1.15 bits per heavy atom. The molecule has 1 aromatic carbocycles. The summed E-state index contributed by atoms with van der Waals surface area (Å²) in [5.41, 5.74) is 1.69. The van der Waals surface area contributed by atoms with Crippen molar-refractivity contribution in [1.29, 1.82) is 0 Å². The number of urea groups is 1. The van der Waals surface area contributed by atoms with Crippen LogP contribution in [0, 0.1) is 0 Å². The Morgan fingerprint density at radius 2 is 1.89 bits per heavy atom. The monoisotopic (exact) mass is 369 g/mol. The predicted molar refractivity (Wildman–Crippen MR) is 101 cm³/mol. The number of aryl methyl sites for hydroxylation is 1. The van der Waals surface area contributed by atoms with Gasteiger partial charge in [0.2, 0.25) is 5.91 Å². The van der Waals surface area contributed by atoms with E-state index in [0.717, 1.165) is 49.0 Å². The minimum Gasteiger partial charge on any atom is -0.348 e. The molecule has 4 rings (SSSR count). The van der Waals surface area contributed by atoms with Crippen LogP contribution in [0.25, 0.3) is 0 Å². The molecule has 0 aromatic heterocycles. The highest BCUT2D eigenvalue weighted by atomic mass is 16.2. The largest absolute Gasteiger partial charge is 0.348 e. The molecule has 1 saturated heterocycles. The van der Waals surface area contributed by atoms with Crippen LogP contribution in [0.1, 0.15) is 62.1 Å². The van der Waals surface area contributed by atoms with E-state index in [1.807, 2.05) is 12.1 Å². The number of fused-ring (bicyclic) bond motifs is 1. The molecule has 144 valence electrons. The highest BCUT2D eigenvalue weighted by molar-refractivity contribution is 6.09. The topological polar surface area (TPSA) is 69.7 Å². The van der Waals surface area contributed by atoms with Gasteiger partial charge in [0.05, 0.1) is 6.04 Å². The van der Waals surface area contributed by atoms with E-state index in [0.29, 0.717) is 12.8 Å². The fourth-order valence-electron chi connectivity index (χ4n) is 4.96. The fraction of sp³-hybridized carbons (Fsp3) is 0.571. The second-order valence-electron chi connectivity index (χ2n) is 8.04. The van der Waals surface area contributed by atoms with Gasteiger partial charge in [-0.2, -0.15) is 0 Å². The molecular weight excluding hydrogens is 342 g/mol. The first-order valence-corrected chi connectivity index (χ1v) is 10.00. The van der Waals surface area contributed by atoms with Gasteiger partial charge in [-0.25, -0.2) is 4.79 Å². The number of rotatable bonds is 3. The molecule has 6 heteroatoms. The number of carbonyl (C=O) groups is 3. The molecule has 6 nitrogen and oxygen atoms in total. The number of imide groups is 1. The van der Waals surface area contributed by atoms with Crippen molar-refractivity contribution >= 4 is 17.8 Å². The number of hydrogen-bond acceptors (Lipinski definition) is 3. The van der Waals surface area contributed by atoms with Crippen LogP contribution in [-0.4, -0.2) is 46.8 Å². The summed E-state index contributed by atoms with van der Waals surface area (Å²) in [6, 6.07) is 7.76. The van der Waals surface area contributed by atoms with Crippen LogP contribution in [0.3, 0.4) is 0 Å². The Balaban J connectivity index is 1.46. The second kappa shape index (κ2) is 6.98. The molecule has 3 aliphatic rings. The van der Waals surface area contributed by atoms with Crippen LogP contribution >= 0.6 is 0 Å². The Hall–Kier alpha value is -2.37. The lowest BCUT2D eigenvalue weighted by Gasteiger charge is -2.35.